The van der Waals surface area contributed by atoms with E-state index < -0.39 is 42.8 Å². The number of hydrogen-bond donors (Lipinski definition) is 4. The van der Waals surface area contributed by atoms with Gasteiger partial charge in [0.05, 0.1) is 6.42 Å². The summed E-state index contributed by atoms with van der Waals surface area (Å²) in [4.78, 5) is 44.9. The number of carbonyl (C=O) groups is 4. The Morgan fingerprint density at radius 3 is 2.46 bits per heavy atom. The van der Waals surface area contributed by atoms with Crippen molar-refractivity contribution in [2.75, 3.05) is 12.3 Å². The summed E-state index contributed by atoms with van der Waals surface area (Å²) in [5, 5.41) is 22.4. The van der Waals surface area contributed by atoms with Crippen LogP contribution in [0.5, 0.6) is 0 Å². The van der Waals surface area contributed by atoms with Crippen LogP contribution in [0.4, 0.5) is 0 Å². The summed E-state index contributed by atoms with van der Waals surface area (Å²) in [6, 6.07) is -1.27. The van der Waals surface area contributed by atoms with Crippen molar-refractivity contribution in [1.82, 2.24) is 10.6 Å². The summed E-state index contributed by atoms with van der Waals surface area (Å²) < 4.78 is 0. The van der Waals surface area contributed by atoms with E-state index in [1.54, 1.807) is 0 Å². The second kappa shape index (κ2) is 11.2. The summed E-state index contributed by atoms with van der Waals surface area (Å²) in [6.45, 7) is -0.623. The Hall–Kier alpha value is -1.42. The third kappa shape index (κ3) is 9.02. The Morgan fingerprint density at radius 1 is 1.12 bits per heavy atom. The molecule has 8 nitrogen and oxygen atoms in total. The Balaban J connectivity index is 2.32. The highest BCUT2D eigenvalue weighted by Gasteiger charge is 2.24. The minimum Gasteiger partial charge on any atom is -0.481 e. The van der Waals surface area contributed by atoms with Crippen molar-refractivity contribution in [3.8, 4) is 0 Å². The van der Waals surface area contributed by atoms with Crippen LogP contribution in [0.3, 0.4) is 0 Å². The maximum absolute atomic E-state index is 11.9. The lowest BCUT2D eigenvalue weighted by atomic mass is 10.1. The molecule has 0 aromatic carbocycles. The SMILES string of the molecule is O=C(O)CNC(=O)C(CC(=O)O)NC(=O)CCCCC1CCSS1. The fourth-order valence-corrected chi connectivity index (χ4v) is 5.19. The lowest BCUT2D eigenvalue weighted by Gasteiger charge is -2.16. The lowest BCUT2D eigenvalue weighted by molar-refractivity contribution is -0.141. The van der Waals surface area contributed by atoms with Crippen LogP contribution in [-0.4, -0.2) is 57.6 Å². The van der Waals surface area contributed by atoms with Gasteiger partial charge in [-0.25, -0.2) is 0 Å². The van der Waals surface area contributed by atoms with Crippen LogP contribution in [0.1, 0.15) is 38.5 Å². The molecule has 1 saturated heterocycles. The van der Waals surface area contributed by atoms with Crippen molar-refractivity contribution < 1.29 is 29.4 Å². The van der Waals surface area contributed by atoms with E-state index in [1.165, 1.54) is 6.42 Å². The molecule has 1 aliphatic rings. The van der Waals surface area contributed by atoms with Crippen molar-refractivity contribution in [2.45, 2.75) is 49.8 Å². The molecule has 0 aromatic heterocycles. The van der Waals surface area contributed by atoms with Gasteiger partial charge in [-0.3, -0.25) is 19.2 Å². The maximum Gasteiger partial charge on any atom is 0.322 e. The van der Waals surface area contributed by atoms with Gasteiger partial charge in [-0.15, -0.1) is 0 Å². The van der Waals surface area contributed by atoms with Gasteiger partial charge >= 0.3 is 11.9 Å². The molecule has 4 N–H and O–H groups in total. The maximum atomic E-state index is 11.9. The number of carboxylic acids is 2. The van der Waals surface area contributed by atoms with Crippen LogP contribution in [0.15, 0.2) is 0 Å². The van der Waals surface area contributed by atoms with Crippen LogP contribution < -0.4 is 10.6 Å². The number of rotatable bonds is 11. The summed E-state index contributed by atoms with van der Waals surface area (Å²) in [5.74, 6) is -2.54. The van der Waals surface area contributed by atoms with Gasteiger partial charge < -0.3 is 20.8 Å². The molecule has 0 aromatic rings. The number of unbranched alkanes of at least 4 members (excludes halogenated alkanes) is 1. The van der Waals surface area contributed by atoms with Gasteiger partial charge in [-0.05, 0) is 19.3 Å². The fraction of sp³-hybridized carbons (Fsp3) is 0.714. The second-order valence-corrected chi connectivity index (χ2v) is 8.19. The molecular weight excluding hydrogens is 356 g/mol. The third-order valence-electron chi connectivity index (χ3n) is 3.35. The number of carboxylic acid groups (broad SMARTS) is 2. The molecule has 0 saturated carbocycles. The highest BCUT2D eigenvalue weighted by molar-refractivity contribution is 8.77. The Morgan fingerprint density at radius 2 is 1.88 bits per heavy atom. The summed E-state index contributed by atoms with van der Waals surface area (Å²) in [5.41, 5.74) is 0. The monoisotopic (exact) mass is 378 g/mol. The van der Waals surface area contributed by atoms with Gasteiger partial charge in [0.1, 0.15) is 12.6 Å². The topological polar surface area (TPSA) is 133 Å². The first-order valence-electron chi connectivity index (χ1n) is 7.67. The van der Waals surface area contributed by atoms with E-state index in [4.69, 9.17) is 10.2 Å². The van der Waals surface area contributed by atoms with Crippen LogP contribution >= 0.6 is 21.6 Å². The number of nitrogens with one attached hydrogen (secondary N) is 2. The Kier molecular flexibility index (Phi) is 9.62. The van der Waals surface area contributed by atoms with E-state index in [-0.39, 0.29) is 6.42 Å². The average molecular weight is 378 g/mol. The normalized spacial score (nSPS) is 17.9. The molecule has 1 aliphatic heterocycles. The van der Waals surface area contributed by atoms with E-state index in [9.17, 15) is 19.2 Å². The predicted molar refractivity (Wildman–Crippen MR) is 91.8 cm³/mol. The number of aliphatic carboxylic acids is 2. The molecule has 2 atom stereocenters. The lowest BCUT2D eigenvalue weighted by Crippen LogP contribution is -2.48. The summed E-state index contributed by atoms with van der Waals surface area (Å²) in [6.07, 6.45) is 3.43. The third-order valence-corrected chi connectivity index (χ3v) is 6.36. The average Bonchev–Trinajstić information content (AvgIpc) is 3.01. The van der Waals surface area contributed by atoms with Crippen LogP contribution in [0, 0.1) is 0 Å². The summed E-state index contributed by atoms with van der Waals surface area (Å²) >= 11 is 0. The quantitative estimate of drug-likeness (QED) is 0.307. The molecular formula is C14H22N2O6S2. The molecule has 1 heterocycles. The van der Waals surface area contributed by atoms with Gasteiger partial charge in [0.15, 0.2) is 0 Å². The summed E-state index contributed by atoms with van der Waals surface area (Å²) in [7, 11) is 3.75. The van der Waals surface area contributed by atoms with Crippen molar-refractivity contribution in [2.24, 2.45) is 0 Å². The van der Waals surface area contributed by atoms with Crippen molar-refractivity contribution in [3.63, 3.8) is 0 Å². The van der Waals surface area contributed by atoms with Gasteiger partial charge in [-0.1, -0.05) is 28.0 Å². The van der Waals surface area contributed by atoms with E-state index in [2.05, 4.69) is 10.6 Å². The van der Waals surface area contributed by atoms with Crippen molar-refractivity contribution in [1.29, 1.82) is 0 Å². The smallest absolute Gasteiger partial charge is 0.322 e. The minimum absolute atomic E-state index is 0.215. The van der Waals surface area contributed by atoms with Crippen LogP contribution in [0.25, 0.3) is 0 Å². The minimum atomic E-state index is -1.27. The highest BCUT2D eigenvalue weighted by Crippen LogP contribution is 2.39. The van der Waals surface area contributed by atoms with Gasteiger partial charge in [0.25, 0.3) is 0 Å². The molecule has 0 spiro atoms. The zero-order valence-corrected chi connectivity index (χ0v) is 14.8. The number of carbonyl (C=O) groups excluding carboxylic acids is 2. The molecule has 1 rings (SSSR count). The van der Waals surface area contributed by atoms with E-state index in [1.807, 2.05) is 21.6 Å². The second-order valence-electron chi connectivity index (χ2n) is 5.40. The van der Waals surface area contributed by atoms with Crippen molar-refractivity contribution >= 4 is 45.3 Å². The zero-order valence-electron chi connectivity index (χ0n) is 13.2. The largest absolute Gasteiger partial charge is 0.481 e. The van der Waals surface area contributed by atoms with Gasteiger partial charge in [0, 0.05) is 17.4 Å². The molecule has 2 unspecified atom stereocenters. The van der Waals surface area contributed by atoms with Crippen molar-refractivity contribution in [3.05, 3.63) is 0 Å². The van der Waals surface area contributed by atoms with E-state index in [0.29, 0.717) is 11.7 Å². The first-order valence-corrected chi connectivity index (χ1v) is 10.1. The zero-order chi connectivity index (χ0) is 17.9. The molecule has 136 valence electrons. The van der Waals surface area contributed by atoms with Crippen LogP contribution in [-0.2, 0) is 19.2 Å². The fourth-order valence-electron chi connectivity index (χ4n) is 2.16. The van der Waals surface area contributed by atoms with Gasteiger partial charge in [0.2, 0.25) is 11.8 Å². The molecule has 1 fully saturated rings. The standard InChI is InChI=1S/C14H22N2O6S2/c17-11(4-2-1-3-9-5-6-23-24-9)16-10(7-12(18)19)14(22)15-8-13(20)21/h9-10H,1-8H2,(H,15,22)(H,16,17)(H,18,19)(H,20,21). The molecule has 0 radical (unpaired) electrons. The van der Waals surface area contributed by atoms with E-state index >= 15 is 0 Å². The van der Waals surface area contributed by atoms with Crippen LogP contribution in [0.2, 0.25) is 0 Å². The first kappa shape index (κ1) is 20.6. The molecule has 0 aliphatic carbocycles. The molecule has 10 heteroatoms. The number of hydrogen-bond acceptors (Lipinski definition) is 6. The van der Waals surface area contributed by atoms with Gasteiger partial charge in [-0.2, -0.15) is 0 Å². The highest BCUT2D eigenvalue weighted by atomic mass is 33.1. The first-order chi connectivity index (χ1) is 11.4. The molecule has 0 bridgehead atoms. The van der Waals surface area contributed by atoms with E-state index in [0.717, 1.165) is 18.6 Å². The Labute approximate surface area is 147 Å². The molecule has 2 amide bonds. The Bertz CT molecular complexity index is 468. The molecule has 24 heavy (non-hydrogen) atoms. The predicted octanol–water partition coefficient (Wildman–Crippen LogP) is 0.861. The number of amides is 2.